The fourth-order valence-corrected chi connectivity index (χ4v) is 6.47. The first-order chi connectivity index (χ1) is 19.4. The molecule has 0 fully saturated rings. The zero-order chi connectivity index (χ0) is 25.5. The van der Waals surface area contributed by atoms with Crippen molar-refractivity contribution in [1.82, 2.24) is 9.13 Å². The Labute approximate surface area is 223 Å². The number of rotatable bonds is 2. The fourth-order valence-electron chi connectivity index (χ4n) is 6.47. The van der Waals surface area contributed by atoms with E-state index in [9.17, 15) is 0 Å². The van der Waals surface area contributed by atoms with Gasteiger partial charge in [0.05, 0.1) is 22.1 Å². The van der Waals surface area contributed by atoms with Crippen molar-refractivity contribution in [2.24, 2.45) is 0 Å². The molecule has 0 saturated carbocycles. The molecule has 182 valence electrons. The number of hydrogen-bond acceptors (Lipinski definition) is 1. The minimum Gasteiger partial charge on any atom is -0.456 e. The first-order valence-electron chi connectivity index (χ1n) is 13.3. The highest BCUT2D eigenvalue weighted by Crippen LogP contribution is 2.44. The van der Waals surface area contributed by atoms with Crippen LogP contribution in [0.25, 0.3) is 76.9 Å². The van der Waals surface area contributed by atoms with Gasteiger partial charge in [-0.1, -0.05) is 78.9 Å². The topological polar surface area (TPSA) is 23.0 Å². The third kappa shape index (κ3) is 2.76. The molecule has 9 rings (SSSR count). The van der Waals surface area contributed by atoms with E-state index >= 15 is 0 Å². The predicted octanol–water partition coefficient (Wildman–Crippen LogP) is 9.78. The second kappa shape index (κ2) is 7.62. The monoisotopic (exact) mass is 498 g/mol. The van der Waals surface area contributed by atoms with Crippen LogP contribution in [0.15, 0.2) is 138 Å². The van der Waals surface area contributed by atoms with Gasteiger partial charge in [0.25, 0.3) is 0 Å². The summed E-state index contributed by atoms with van der Waals surface area (Å²) in [6.07, 6.45) is 0. The summed E-state index contributed by atoms with van der Waals surface area (Å²) < 4.78 is 11.2. The average Bonchev–Trinajstić information content (AvgIpc) is 3.64. The molecule has 39 heavy (non-hydrogen) atoms. The van der Waals surface area contributed by atoms with Gasteiger partial charge in [-0.3, -0.25) is 0 Å². The van der Waals surface area contributed by atoms with Gasteiger partial charge >= 0.3 is 0 Å². The number of aromatic nitrogens is 2. The maximum atomic E-state index is 6.36. The van der Waals surface area contributed by atoms with Crippen molar-refractivity contribution in [2.45, 2.75) is 0 Å². The average molecular weight is 499 g/mol. The van der Waals surface area contributed by atoms with Gasteiger partial charge in [-0.05, 0) is 48.5 Å². The van der Waals surface area contributed by atoms with Gasteiger partial charge in [0.2, 0.25) is 0 Å². The molecular weight excluding hydrogens is 476 g/mol. The lowest BCUT2D eigenvalue weighted by atomic mass is 10.1. The van der Waals surface area contributed by atoms with Crippen LogP contribution in [0.1, 0.15) is 0 Å². The van der Waals surface area contributed by atoms with Crippen LogP contribution in [-0.4, -0.2) is 9.13 Å². The Bertz CT molecular complexity index is 2370. The van der Waals surface area contributed by atoms with Crippen LogP contribution in [0.2, 0.25) is 0 Å². The number of para-hydroxylation sites is 4. The molecule has 0 atom stereocenters. The Kier molecular flexibility index (Phi) is 4.05. The van der Waals surface area contributed by atoms with Crippen molar-refractivity contribution >= 4 is 65.6 Å². The summed E-state index contributed by atoms with van der Waals surface area (Å²) in [6.45, 7) is 0. The second-order valence-electron chi connectivity index (χ2n) is 10.2. The normalized spacial score (nSPS) is 12.1. The lowest BCUT2D eigenvalue weighted by Gasteiger charge is -2.09. The summed E-state index contributed by atoms with van der Waals surface area (Å²) in [5.41, 5.74) is 8.87. The molecule has 0 radical (unpaired) electrons. The molecule has 0 N–H and O–H groups in total. The van der Waals surface area contributed by atoms with Crippen LogP contribution in [-0.2, 0) is 0 Å². The maximum absolute atomic E-state index is 6.36. The van der Waals surface area contributed by atoms with Crippen molar-refractivity contribution in [1.29, 1.82) is 0 Å². The van der Waals surface area contributed by atoms with Gasteiger partial charge in [-0.15, -0.1) is 0 Å². The quantitative estimate of drug-likeness (QED) is 0.233. The van der Waals surface area contributed by atoms with E-state index < -0.39 is 0 Å². The molecule has 0 unspecified atom stereocenters. The Hall–Kier alpha value is -5.28. The lowest BCUT2D eigenvalue weighted by molar-refractivity contribution is 0.669. The van der Waals surface area contributed by atoms with Gasteiger partial charge in [-0.25, -0.2) is 0 Å². The van der Waals surface area contributed by atoms with Crippen molar-refractivity contribution in [3.8, 4) is 11.4 Å². The van der Waals surface area contributed by atoms with E-state index in [2.05, 4.69) is 137 Å². The molecule has 3 heterocycles. The van der Waals surface area contributed by atoms with E-state index in [1.807, 2.05) is 6.07 Å². The first-order valence-corrected chi connectivity index (χ1v) is 13.3. The van der Waals surface area contributed by atoms with E-state index in [0.717, 1.165) is 38.8 Å². The molecule has 0 aliphatic carbocycles. The van der Waals surface area contributed by atoms with Crippen molar-refractivity contribution in [3.05, 3.63) is 133 Å². The summed E-state index contributed by atoms with van der Waals surface area (Å²) >= 11 is 0. The number of hydrogen-bond donors (Lipinski definition) is 0. The van der Waals surface area contributed by atoms with Gasteiger partial charge in [0.15, 0.2) is 0 Å². The van der Waals surface area contributed by atoms with E-state index in [1.165, 1.54) is 38.1 Å². The minimum absolute atomic E-state index is 0.906. The van der Waals surface area contributed by atoms with Crippen molar-refractivity contribution in [2.75, 3.05) is 0 Å². The highest BCUT2D eigenvalue weighted by Gasteiger charge is 2.22. The summed E-state index contributed by atoms with van der Waals surface area (Å²) in [4.78, 5) is 0. The molecule has 9 aromatic rings. The Morgan fingerprint density at radius 2 is 1.05 bits per heavy atom. The van der Waals surface area contributed by atoms with E-state index in [0.29, 0.717) is 0 Å². The zero-order valence-corrected chi connectivity index (χ0v) is 21.0. The Morgan fingerprint density at radius 1 is 0.385 bits per heavy atom. The molecule has 0 spiro atoms. The molecule has 3 aromatic heterocycles. The molecule has 3 heteroatoms. The standard InChI is InChI=1S/C36H22N2O/c1-3-11-23(12-4-1)37-31-20-19-27-25-15-7-9-17-30(25)38(24-13-5-2-6-14-24)36(27)35(31)29-21-28-26-16-8-10-18-33(26)39-34(28)22-32(29)37/h1-22H. The lowest BCUT2D eigenvalue weighted by Crippen LogP contribution is -1.95. The second-order valence-corrected chi connectivity index (χ2v) is 10.2. The highest BCUT2D eigenvalue weighted by molar-refractivity contribution is 6.28. The molecule has 6 aromatic carbocycles. The van der Waals surface area contributed by atoms with Gasteiger partial charge in [0, 0.05) is 49.8 Å². The summed E-state index contributed by atoms with van der Waals surface area (Å²) in [7, 11) is 0. The smallest absolute Gasteiger partial charge is 0.137 e. The van der Waals surface area contributed by atoms with E-state index in [1.54, 1.807) is 0 Å². The van der Waals surface area contributed by atoms with Crippen molar-refractivity contribution < 1.29 is 4.42 Å². The number of nitrogens with zero attached hydrogens (tertiary/aromatic N) is 2. The van der Waals surface area contributed by atoms with Gasteiger partial charge in [0.1, 0.15) is 11.2 Å². The van der Waals surface area contributed by atoms with Crippen LogP contribution in [0.3, 0.4) is 0 Å². The molecule has 0 aliphatic rings. The maximum Gasteiger partial charge on any atom is 0.137 e. The van der Waals surface area contributed by atoms with Gasteiger partial charge in [-0.2, -0.15) is 0 Å². The van der Waals surface area contributed by atoms with Crippen LogP contribution in [0, 0.1) is 0 Å². The minimum atomic E-state index is 0.906. The number of furan rings is 1. The molecular formula is C36H22N2O. The summed E-state index contributed by atoms with van der Waals surface area (Å²) in [6, 6.07) is 47.5. The first kappa shape index (κ1) is 20.7. The van der Waals surface area contributed by atoms with Gasteiger partial charge < -0.3 is 13.6 Å². The summed E-state index contributed by atoms with van der Waals surface area (Å²) in [5, 5.41) is 7.27. The Balaban J connectivity index is 1.58. The van der Waals surface area contributed by atoms with Crippen LogP contribution < -0.4 is 0 Å². The van der Waals surface area contributed by atoms with Crippen LogP contribution in [0.4, 0.5) is 0 Å². The molecule has 0 saturated heterocycles. The van der Waals surface area contributed by atoms with E-state index in [4.69, 9.17) is 4.42 Å². The molecule has 3 nitrogen and oxygen atoms in total. The highest BCUT2D eigenvalue weighted by atomic mass is 16.3. The number of fused-ring (bicyclic) bond motifs is 10. The molecule has 0 amide bonds. The van der Waals surface area contributed by atoms with Crippen molar-refractivity contribution in [3.63, 3.8) is 0 Å². The fraction of sp³-hybridized carbons (Fsp3) is 0. The molecule has 0 aliphatic heterocycles. The van der Waals surface area contributed by atoms with Crippen LogP contribution >= 0.6 is 0 Å². The zero-order valence-electron chi connectivity index (χ0n) is 21.0. The Morgan fingerprint density at radius 3 is 1.85 bits per heavy atom. The third-order valence-corrected chi connectivity index (χ3v) is 8.09. The molecule has 0 bridgehead atoms. The summed E-state index contributed by atoms with van der Waals surface area (Å²) in [5.74, 6) is 0. The predicted molar refractivity (Wildman–Crippen MR) is 162 cm³/mol. The van der Waals surface area contributed by atoms with E-state index in [-0.39, 0.29) is 0 Å². The van der Waals surface area contributed by atoms with Crippen LogP contribution in [0.5, 0.6) is 0 Å². The third-order valence-electron chi connectivity index (χ3n) is 8.09. The largest absolute Gasteiger partial charge is 0.456 e. The SMILES string of the molecule is c1ccc(-n2c3cc4oc5ccccc5c4cc3c3c2ccc2c4ccccc4n(-c4ccccc4)c23)cc1. The number of benzene rings is 6.